The van der Waals surface area contributed by atoms with Gasteiger partial charge in [0.25, 0.3) is 0 Å². The summed E-state index contributed by atoms with van der Waals surface area (Å²) in [6.45, 7) is 6.01. The van der Waals surface area contributed by atoms with Crippen LogP contribution in [0.15, 0.2) is 30.5 Å². The Morgan fingerprint density at radius 1 is 1.23 bits per heavy atom. The molecule has 0 fully saturated rings. The number of carbonyl (C=O) groups excluding carboxylic acids is 1. The molecule has 7 nitrogen and oxygen atoms in total. The molecule has 2 N–H and O–H groups in total. The van der Waals surface area contributed by atoms with E-state index in [2.05, 4.69) is 25.8 Å². The molecule has 0 radical (unpaired) electrons. The van der Waals surface area contributed by atoms with E-state index in [-0.39, 0.29) is 5.54 Å². The van der Waals surface area contributed by atoms with E-state index >= 15 is 0 Å². The molecule has 0 aliphatic heterocycles. The van der Waals surface area contributed by atoms with Crippen molar-refractivity contribution in [2.24, 2.45) is 0 Å². The van der Waals surface area contributed by atoms with E-state index in [1.807, 2.05) is 26.8 Å². The van der Waals surface area contributed by atoms with Gasteiger partial charge in [-0.25, -0.2) is 4.79 Å². The van der Waals surface area contributed by atoms with Crippen molar-refractivity contribution in [1.82, 2.24) is 15.2 Å². The number of para-hydroxylation sites is 1. The lowest BCUT2D eigenvalue weighted by Crippen LogP contribution is -2.27. The molecule has 0 aliphatic rings. The van der Waals surface area contributed by atoms with Crippen LogP contribution in [-0.4, -0.2) is 33.8 Å². The molecule has 0 saturated heterocycles. The lowest BCUT2D eigenvalue weighted by atomic mass is 10.1. The standard InChI is InChI=1S/C15H19N5O2/c1-15(2,3)19-14-18-12(9-16-20-14)17-11-8-6-5-7-10(11)13(21)22-4/h5-9H,1-4H3,(H2,17,18,19,20). The number of esters is 1. The quantitative estimate of drug-likeness (QED) is 0.839. The largest absolute Gasteiger partial charge is 0.465 e. The van der Waals surface area contributed by atoms with Gasteiger partial charge < -0.3 is 15.4 Å². The predicted octanol–water partition coefficient (Wildman–Crippen LogP) is 2.61. The highest BCUT2D eigenvalue weighted by molar-refractivity contribution is 5.96. The number of methoxy groups -OCH3 is 1. The minimum atomic E-state index is -0.418. The van der Waals surface area contributed by atoms with Gasteiger partial charge in [0.15, 0.2) is 5.82 Å². The molecule has 2 aromatic rings. The van der Waals surface area contributed by atoms with Gasteiger partial charge in [-0.05, 0) is 32.9 Å². The first kappa shape index (κ1) is 15.7. The zero-order valence-corrected chi connectivity index (χ0v) is 13.0. The molecule has 0 spiro atoms. The molecule has 22 heavy (non-hydrogen) atoms. The van der Waals surface area contributed by atoms with Crippen molar-refractivity contribution in [3.63, 3.8) is 0 Å². The predicted molar refractivity (Wildman–Crippen MR) is 84.3 cm³/mol. The third-order valence-electron chi connectivity index (χ3n) is 2.64. The number of rotatable bonds is 4. The van der Waals surface area contributed by atoms with Crippen LogP contribution in [0.4, 0.5) is 17.5 Å². The van der Waals surface area contributed by atoms with Crippen LogP contribution in [-0.2, 0) is 4.74 Å². The molecule has 2 rings (SSSR count). The highest BCUT2D eigenvalue weighted by atomic mass is 16.5. The van der Waals surface area contributed by atoms with Gasteiger partial charge in [-0.15, -0.1) is 5.10 Å². The van der Waals surface area contributed by atoms with E-state index in [1.165, 1.54) is 13.3 Å². The van der Waals surface area contributed by atoms with Crippen LogP contribution in [0.3, 0.4) is 0 Å². The average Bonchev–Trinajstić information content (AvgIpc) is 2.45. The lowest BCUT2D eigenvalue weighted by molar-refractivity contribution is 0.0602. The number of nitrogens with one attached hydrogen (secondary N) is 2. The maximum atomic E-state index is 11.8. The number of benzene rings is 1. The number of hydrogen-bond donors (Lipinski definition) is 2. The molecule has 0 unspecified atom stereocenters. The fourth-order valence-electron chi connectivity index (χ4n) is 1.77. The monoisotopic (exact) mass is 301 g/mol. The van der Waals surface area contributed by atoms with Crippen molar-refractivity contribution in [2.75, 3.05) is 17.7 Å². The fraction of sp³-hybridized carbons (Fsp3) is 0.333. The molecule has 0 saturated carbocycles. The van der Waals surface area contributed by atoms with E-state index in [9.17, 15) is 4.79 Å². The van der Waals surface area contributed by atoms with E-state index in [0.29, 0.717) is 23.0 Å². The summed E-state index contributed by atoms with van der Waals surface area (Å²) in [6.07, 6.45) is 1.49. The molecule has 116 valence electrons. The van der Waals surface area contributed by atoms with E-state index < -0.39 is 5.97 Å². The van der Waals surface area contributed by atoms with Crippen LogP contribution in [0.2, 0.25) is 0 Å². The minimum absolute atomic E-state index is 0.176. The molecule has 0 atom stereocenters. The third-order valence-corrected chi connectivity index (χ3v) is 2.64. The summed E-state index contributed by atoms with van der Waals surface area (Å²) in [5, 5.41) is 14.0. The van der Waals surface area contributed by atoms with Gasteiger partial charge in [0.2, 0.25) is 5.95 Å². The summed E-state index contributed by atoms with van der Waals surface area (Å²) in [4.78, 5) is 16.1. The summed E-state index contributed by atoms with van der Waals surface area (Å²) < 4.78 is 4.76. The van der Waals surface area contributed by atoms with Crippen LogP contribution >= 0.6 is 0 Å². The van der Waals surface area contributed by atoms with Crippen LogP contribution in [0.25, 0.3) is 0 Å². The van der Waals surface area contributed by atoms with Crippen LogP contribution in [0.5, 0.6) is 0 Å². The molecule has 1 heterocycles. The van der Waals surface area contributed by atoms with Gasteiger partial charge in [-0.1, -0.05) is 12.1 Å². The zero-order chi connectivity index (χ0) is 16.2. The number of ether oxygens (including phenoxy) is 1. The Balaban J connectivity index is 2.25. The van der Waals surface area contributed by atoms with Crippen LogP contribution in [0.1, 0.15) is 31.1 Å². The Kier molecular flexibility index (Phi) is 4.55. The Hall–Kier alpha value is -2.70. The molecular formula is C15H19N5O2. The Labute approximate surface area is 129 Å². The second-order valence-electron chi connectivity index (χ2n) is 5.70. The van der Waals surface area contributed by atoms with Gasteiger partial charge in [0.05, 0.1) is 24.6 Å². The van der Waals surface area contributed by atoms with Gasteiger partial charge in [0.1, 0.15) is 0 Å². The summed E-state index contributed by atoms with van der Waals surface area (Å²) in [5.74, 6) is 0.476. The zero-order valence-electron chi connectivity index (χ0n) is 13.0. The summed E-state index contributed by atoms with van der Waals surface area (Å²) >= 11 is 0. The number of carbonyl (C=O) groups is 1. The average molecular weight is 301 g/mol. The van der Waals surface area contributed by atoms with Gasteiger partial charge in [-0.2, -0.15) is 10.1 Å². The number of nitrogens with zero attached hydrogens (tertiary/aromatic N) is 3. The van der Waals surface area contributed by atoms with Crippen molar-refractivity contribution in [3.8, 4) is 0 Å². The van der Waals surface area contributed by atoms with Crippen molar-refractivity contribution in [1.29, 1.82) is 0 Å². The van der Waals surface area contributed by atoms with Gasteiger partial charge in [0, 0.05) is 5.54 Å². The Morgan fingerprint density at radius 3 is 2.64 bits per heavy atom. The van der Waals surface area contributed by atoms with Crippen molar-refractivity contribution < 1.29 is 9.53 Å². The smallest absolute Gasteiger partial charge is 0.339 e. The van der Waals surface area contributed by atoms with E-state index in [0.717, 1.165) is 0 Å². The molecular weight excluding hydrogens is 282 g/mol. The molecule has 0 amide bonds. The number of anilines is 3. The normalized spacial score (nSPS) is 10.9. The number of aromatic nitrogens is 3. The topological polar surface area (TPSA) is 89.0 Å². The molecule has 1 aromatic heterocycles. The summed E-state index contributed by atoms with van der Waals surface area (Å²) in [5.41, 5.74) is 0.843. The molecule has 7 heteroatoms. The van der Waals surface area contributed by atoms with Crippen molar-refractivity contribution in [2.45, 2.75) is 26.3 Å². The third kappa shape index (κ3) is 4.15. The first-order chi connectivity index (χ1) is 10.4. The minimum Gasteiger partial charge on any atom is -0.465 e. The van der Waals surface area contributed by atoms with Gasteiger partial charge in [-0.3, -0.25) is 0 Å². The molecule has 1 aromatic carbocycles. The molecule has 0 bridgehead atoms. The second kappa shape index (κ2) is 6.38. The van der Waals surface area contributed by atoms with Crippen molar-refractivity contribution in [3.05, 3.63) is 36.0 Å². The fourth-order valence-corrected chi connectivity index (χ4v) is 1.77. The lowest BCUT2D eigenvalue weighted by Gasteiger charge is -2.20. The van der Waals surface area contributed by atoms with Crippen molar-refractivity contribution >= 4 is 23.4 Å². The summed E-state index contributed by atoms with van der Waals surface area (Å²) in [7, 11) is 1.34. The second-order valence-corrected chi connectivity index (χ2v) is 5.70. The highest BCUT2D eigenvalue weighted by Crippen LogP contribution is 2.20. The Bertz CT molecular complexity index is 667. The van der Waals surface area contributed by atoms with Crippen LogP contribution < -0.4 is 10.6 Å². The van der Waals surface area contributed by atoms with E-state index in [1.54, 1.807) is 18.2 Å². The first-order valence-electron chi connectivity index (χ1n) is 6.81. The van der Waals surface area contributed by atoms with Gasteiger partial charge >= 0.3 is 5.97 Å². The van der Waals surface area contributed by atoms with E-state index in [4.69, 9.17) is 4.74 Å². The molecule has 0 aliphatic carbocycles. The van der Waals surface area contributed by atoms with Crippen LogP contribution in [0, 0.1) is 0 Å². The SMILES string of the molecule is COC(=O)c1ccccc1Nc1cnnc(NC(C)(C)C)n1. The summed E-state index contributed by atoms with van der Waals surface area (Å²) in [6, 6.07) is 7.03. The maximum Gasteiger partial charge on any atom is 0.339 e. The highest BCUT2D eigenvalue weighted by Gasteiger charge is 2.14. The first-order valence-corrected chi connectivity index (χ1v) is 6.81. The maximum absolute atomic E-state index is 11.8. The Morgan fingerprint density at radius 2 is 1.95 bits per heavy atom. The number of hydrogen-bond acceptors (Lipinski definition) is 7.